The minimum Gasteiger partial charge on any atom is -0.482 e. The average Bonchev–Trinajstić information content (AvgIpc) is 3.49. The van der Waals surface area contributed by atoms with Crippen molar-refractivity contribution in [2.75, 3.05) is 23.9 Å². The van der Waals surface area contributed by atoms with Crippen LogP contribution in [0.4, 0.5) is 17.1 Å². The molecule has 3 rings (SSSR count). The number of benzene rings is 2. The Hall–Kier alpha value is -3.62. The zero-order valence-electron chi connectivity index (χ0n) is 15.1. The number of rotatable bonds is 8. The molecule has 146 valence electrons. The van der Waals surface area contributed by atoms with Gasteiger partial charge in [-0.2, -0.15) is 0 Å². The van der Waals surface area contributed by atoms with E-state index in [1.807, 2.05) is 0 Å². The normalized spacial score (nSPS) is 12.9. The Morgan fingerprint density at radius 1 is 1.25 bits per heavy atom. The van der Waals surface area contributed by atoms with Gasteiger partial charge in [-0.25, -0.2) is 4.79 Å². The van der Waals surface area contributed by atoms with Crippen molar-refractivity contribution in [2.24, 2.45) is 0 Å². The van der Waals surface area contributed by atoms with Crippen LogP contribution < -0.4 is 15.0 Å². The molecule has 2 aromatic rings. The Morgan fingerprint density at radius 2 is 1.93 bits per heavy atom. The molecule has 0 heterocycles. The van der Waals surface area contributed by atoms with Gasteiger partial charge in [0, 0.05) is 30.4 Å². The monoisotopic (exact) mass is 385 g/mol. The van der Waals surface area contributed by atoms with E-state index in [0.29, 0.717) is 17.1 Å². The number of nitrogens with one attached hydrogen (secondary N) is 1. The number of nitrogens with zero attached hydrogens (tertiary/aromatic N) is 2. The van der Waals surface area contributed by atoms with E-state index in [2.05, 4.69) is 5.32 Å². The van der Waals surface area contributed by atoms with Gasteiger partial charge in [0.15, 0.2) is 6.61 Å². The second-order valence-electron chi connectivity index (χ2n) is 6.45. The van der Waals surface area contributed by atoms with Crippen LogP contribution in [0.3, 0.4) is 0 Å². The summed E-state index contributed by atoms with van der Waals surface area (Å²) < 4.78 is 5.05. The van der Waals surface area contributed by atoms with E-state index in [9.17, 15) is 19.7 Å². The molecule has 9 nitrogen and oxygen atoms in total. The summed E-state index contributed by atoms with van der Waals surface area (Å²) >= 11 is 0. The number of carboxylic acids is 1. The maximum atomic E-state index is 12.7. The predicted molar refractivity (Wildman–Crippen MR) is 102 cm³/mol. The van der Waals surface area contributed by atoms with Crippen molar-refractivity contribution in [2.45, 2.75) is 18.9 Å². The van der Waals surface area contributed by atoms with E-state index < -0.39 is 23.4 Å². The SMILES string of the molecule is CN(C(=O)c1ccc(NC2CC2)c([N+](=O)[O-])c1)c1ccc(OCC(=O)O)cc1. The first kappa shape index (κ1) is 19.2. The number of hydrogen-bond donors (Lipinski definition) is 2. The van der Waals surface area contributed by atoms with Crippen molar-refractivity contribution in [1.82, 2.24) is 0 Å². The standard InChI is InChI=1S/C19H19N3O6/c1-21(14-5-7-15(8-6-14)28-11-18(23)24)19(25)12-2-9-16(20-13-3-4-13)17(10-12)22(26)27/h2,5-10,13,20H,3-4,11H2,1H3,(H,23,24). The van der Waals surface area contributed by atoms with E-state index in [4.69, 9.17) is 9.84 Å². The van der Waals surface area contributed by atoms with Crippen molar-refractivity contribution < 1.29 is 24.4 Å². The molecular weight excluding hydrogens is 366 g/mol. The lowest BCUT2D eigenvalue weighted by atomic mass is 10.1. The largest absolute Gasteiger partial charge is 0.482 e. The van der Waals surface area contributed by atoms with Crippen LogP contribution in [-0.4, -0.2) is 41.6 Å². The number of carbonyl (C=O) groups excluding carboxylic acids is 1. The van der Waals surface area contributed by atoms with Crippen molar-refractivity contribution in [3.05, 3.63) is 58.1 Å². The molecule has 2 N–H and O–H groups in total. The first-order chi connectivity index (χ1) is 13.3. The molecule has 1 aliphatic rings. The topological polar surface area (TPSA) is 122 Å². The fourth-order valence-corrected chi connectivity index (χ4v) is 2.61. The Kier molecular flexibility index (Phi) is 5.44. The molecule has 0 aromatic heterocycles. The third-order valence-corrected chi connectivity index (χ3v) is 4.27. The number of carboxylic acid groups (broad SMARTS) is 1. The van der Waals surface area contributed by atoms with E-state index >= 15 is 0 Å². The van der Waals surface area contributed by atoms with Gasteiger partial charge in [0.05, 0.1) is 4.92 Å². The minimum atomic E-state index is -1.09. The van der Waals surface area contributed by atoms with Gasteiger partial charge in [-0.3, -0.25) is 14.9 Å². The van der Waals surface area contributed by atoms with Gasteiger partial charge in [-0.1, -0.05) is 0 Å². The van der Waals surface area contributed by atoms with Crippen LogP contribution >= 0.6 is 0 Å². The van der Waals surface area contributed by atoms with Gasteiger partial charge in [0.25, 0.3) is 11.6 Å². The second kappa shape index (κ2) is 7.95. The number of nitro benzene ring substituents is 1. The lowest BCUT2D eigenvalue weighted by Crippen LogP contribution is -2.26. The second-order valence-corrected chi connectivity index (χ2v) is 6.45. The van der Waals surface area contributed by atoms with Crippen molar-refractivity contribution in [1.29, 1.82) is 0 Å². The highest BCUT2D eigenvalue weighted by Gasteiger charge is 2.26. The maximum Gasteiger partial charge on any atom is 0.341 e. The van der Waals surface area contributed by atoms with E-state index in [1.54, 1.807) is 43.4 Å². The molecule has 0 bridgehead atoms. The fourth-order valence-electron chi connectivity index (χ4n) is 2.61. The van der Waals surface area contributed by atoms with Gasteiger partial charge in [0.2, 0.25) is 0 Å². The van der Waals surface area contributed by atoms with Crippen LogP contribution in [-0.2, 0) is 4.79 Å². The summed E-state index contributed by atoms with van der Waals surface area (Å²) in [7, 11) is 1.55. The Labute approximate surface area is 160 Å². The number of ether oxygens (including phenoxy) is 1. The summed E-state index contributed by atoms with van der Waals surface area (Å²) in [6.45, 7) is -0.459. The van der Waals surface area contributed by atoms with Crippen LogP contribution in [0.15, 0.2) is 42.5 Å². The van der Waals surface area contributed by atoms with Crippen LogP contribution in [0.1, 0.15) is 23.2 Å². The molecule has 2 aromatic carbocycles. The lowest BCUT2D eigenvalue weighted by Gasteiger charge is -2.18. The number of nitro groups is 1. The molecule has 0 radical (unpaired) electrons. The van der Waals surface area contributed by atoms with Gasteiger partial charge in [-0.05, 0) is 49.2 Å². The molecular formula is C19H19N3O6. The predicted octanol–water partition coefficient (Wildman–Crippen LogP) is 2.91. The van der Waals surface area contributed by atoms with Crippen molar-refractivity contribution >= 4 is 28.9 Å². The molecule has 0 spiro atoms. The molecule has 0 saturated heterocycles. The first-order valence-electron chi connectivity index (χ1n) is 8.63. The molecule has 28 heavy (non-hydrogen) atoms. The summed E-state index contributed by atoms with van der Waals surface area (Å²) in [6.07, 6.45) is 1.96. The minimum absolute atomic E-state index is 0.136. The molecule has 9 heteroatoms. The summed E-state index contributed by atoms with van der Waals surface area (Å²) in [6, 6.07) is 10.9. The van der Waals surface area contributed by atoms with E-state index in [0.717, 1.165) is 12.8 Å². The lowest BCUT2D eigenvalue weighted by molar-refractivity contribution is -0.384. The molecule has 0 atom stereocenters. The summed E-state index contributed by atoms with van der Waals surface area (Å²) in [5.74, 6) is -1.13. The number of carbonyl (C=O) groups is 2. The van der Waals surface area contributed by atoms with Crippen LogP contribution in [0.2, 0.25) is 0 Å². The maximum absolute atomic E-state index is 12.7. The van der Waals surface area contributed by atoms with Crippen LogP contribution in [0, 0.1) is 10.1 Å². The first-order valence-corrected chi connectivity index (χ1v) is 8.63. The zero-order valence-corrected chi connectivity index (χ0v) is 15.1. The Balaban J connectivity index is 1.75. The van der Waals surface area contributed by atoms with E-state index in [-0.39, 0.29) is 17.3 Å². The molecule has 1 fully saturated rings. The third-order valence-electron chi connectivity index (χ3n) is 4.27. The number of anilines is 2. The molecule has 0 aliphatic heterocycles. The van der Waals surface area contributed by atoms with Crippen LogP contribution in [0.25, 0.3) is 0 Å². The van der Waals surface area contributed by atoms with Gasteiger partial charge in [-0.15, -0.1) is 0 Å². The number of aliphatic carboxylic acids is 1. The highest BCUT2D eigenvalue weighted by atomic mass is 16.6. The Bertz CT molecular complexity index is 908. The highest BCUT2D eigenvalue weighted by molar-refractivity contribution is 6.06. The number of amides is 1. The summed E-state index contributed by atoms with van der Waals surface area (Å²) in [5, 5.41) is 23.1. The molecule has 1 amide bonds. The Morgan fingerprint density at radius 3 is 2.50 bits per heavy atom. The smallest absolute Gasteiger partial charge is 0.341 e. The highest BCUT2D eigenvalue weighted by Crippen LogP contribution is 2.32. The van der Waals surface area contributed by atoms with E-state index in [1.165, 1.54) is 11.0 Å². The average molecular weight is 385 g/mol. The quantitative estimate of drug-likeness (QED) is 0.529. The number of hydrogen-bond acceptors (Lipinski definition) is 6. The third kappa shape index (κ3) is 4.56. The van der Waals surface area contributed by atoms with Gasteiger partial charge in [0.1, 0.15) is 11.4 Å². The molecule has 0 unspecified atom stereocenters. The fraction of sp³-hybridized carbons (Fsp3) is 0.263. The van der Waals surface area contributed by atoms with Crippen LogP contribution in [0.5, 0.6) is 5.75 Å². The van der Waals surface area contributed by atoms with Crippen molar-refractivity contribution in [3.63, 3.8) is 0 Å². The molecule has 1 saturated carbocycles. The molecule has 1 aliphatic carbocycles. The summed E-state index contributed by atoms with van der Waals surface area (Å²) in [4.78, 5) is 35.5. The summed E-state index contributed by atoms with van der Waals surface area (Å²) in [5.41, 5.74) is 1.01. The van der Waals surface area contributed by atoms with Crippen molar-refractivity contribution in [3.8, 4) is 5.75 Å². The zero-order chi connectivity index (χ0) is 20.3. The van der Waals surface area contributed by atoms with Gasteiger partial charge >= 0.3 is 5.97 Å². The van der Waals surface area contributed by atoms with Gasteiger partial charge < -0.3 is 20.1 Å².